The molecule has 0 aromatic heterocycles. The van der Waals surface area contributed by atoms with Crippen LogP contribution in [0.25, 0.3) is 0 Å². The Morgan fingerprint density at radius 1 is 0.907 bits per heavy atom. The van der Waals surface area contributed by atoms with E-state index in [1.807, 2.05) is 20.8 Å². The number of aliphatic hydroxyl groups is 3. The summed E-state index contributed by atoms with van der Waals surface area (Å²) in [4.78, 5) is 71.9. The maximum Gasteiger partial charge on any atom is 0.331 e. The number of aliphatic hydroxyl groups excluding tert-OH is 3. The quantitative estimate of drug-likeness (QED) is 0.0446. The van der Waals surface area contributed by atoms with Crippen LogP contribution in [0.5, 0.6) is 0 Å². The monoisotopic (exact) mass is 763 g/mol. The predicted molar refractivity (Wildman–Crippen MR) is 200 cm³/mol. The number of carbonyl (C=O) groups excluding carboxylic acids is 5. The second-order valence-electron chi connectivity index (χ2n) is 14.0. The number of esters is 1. The lowest BCUT2D eigenvalue weighted by Gasteiger charge is -2.36. The second-order valence-corrected chi connectivity index (χ2v) is 14.0. The molecule has 17 nitrogen and oxygen atoms in total. The molecule has 1 saturated heterocycles. The van der Waals surface area contributed by atoms with Gasteiger partial charge in [-0.3, -0.25) is 19.2 Å². The molecule has 1 aliphatic heterocycles. The van der Waals surface area contributed by atoms with E-state index in [4.69, 9.17) is 20.9 Å². The third-order valence-electron chi connectivity index (χ3n) is 10.4. The van der Waals surface area contributed by atoms with Gasteiger partial charge in [-0.05, 0) is 30.2 Å². The van der Waals surface area contributed by atoms with Crippen molar-refractivity contribution < 1.29 is 48.8 Å². The summed E-state index contributed by atoms with van der Waals surface area (Å²) >= 11 is 0. The summed E-state index contributed by atoms with van der Waals surface area (Å²) in [6.07, 6.45) is -1.61. The van der Waals surface area contributed by atoms with Crippen LogP contribution in [-0.4, -0.2) is 126 Å². The van der Waals surface area contributed by atoms with Crippen molar-refractivity contribution in [3.8, 4) is 0 Å². The van der Waals surface area contributed by atoms with Crippen LogP contribution < -0.4 is 27.4 Å². The van der Waals surface area contributed by atoms with Crippen LogP contribution in [0.3, 0.4) is 0 Å². The first-order chi connectivity index (χ1) is 25.6. The molecule has 1 fully saturated rings. The lowest BCUT2D eigenvalue weighted by molar-refractivity contribution is -0.150. The van der Waals surface area contributed by atoms with Crippen molar-refractivity contribution in [2.24, 2.45) is 34.2 Å². The molecule has 0 radical (unpaired) electrons. The van der Waals surface area contributed by atoms with Crippen molar-refractivity contribution in [2.75, 3.05) is 27.4 Å². The van der Waals surface area contributed by atoms with Crippen molar-refractivity contribution in [1.82, 2.24) is 20.9 Å². The van der Waals surface area contributed by atoms with E-state index >= 15 is 0 Å². The van der Waals surface area contributed by atoms with E-state index in [0.717, 1.165) is 7.11 Å². The van der Waals surface area contributed by atoms with Crippen molar-refractivity contribution in [2.45, 2.75) is 115 Å². The van der Waals surface area contributed by atoms with Gasteiger partial charge in [0.05, 0.1) is 50.3 Å². The average molecular weight is 764 g/mol. The van der Waals surface area contributed by atoms with Crippen LogP contribution >= 0.6 is 0 Å². The number of amides is 4. The Labute approximate surface area is 317 Å². The van der Waals surface area contributed by atoms with E-state index in [1.54, 1.807) is 37.3 Å². The molecule has 2 rings (SSSR count). The van der Waals surface area contributed by atoms with Gasteiger partial charge >= 0.3 is 5.97 Å². The number of aliphatic imine (C=N–C) groups is 1. The van der Waals surface area contributed by atoms with Gasteiger partial charge < -0.3 is 57.1 Å². The molecular formula is C37H61N7O10. The van der Waals surface area contributed by atoms with Crippen LogP contribution in [-0.2, 0) is 33.4 Å². The molecule has 1 aromatic rings. The Morgan fingerprint density at radius 3 is 2.06 bits per heavy atom. The van der Waals surface area contributed by atoms with Crippen LogP contribution in [0.1, 0.15) is 78.4 Å². The highest BCUT2D eigenvalue weighted by atomic mass is 16.5. The van der Waals surface area contributed by atoms with Gasteiger partial charge in [0, 0.05) is 13.7 Å². The molecule has 17 heteroatoms. The number of likely N-dealkylation sites (tertiary alicyclic amines) is 1. The molecule has 1 aliphatic rings. The maximum absolute atomic E-state index is 13.9. The lowest BCUT2D eigenvalue weighted by Crippen LogP contribution is -2.58. The first-order valence-corrected chi connectivity index (χ1v) is 18.5. The lowest BCUT2D eigenvalue weighted by atomic mass is 9.90. The molecule has 4 amide bonds. The number of carbonyl (C=O) groups is 5. The smallest absolute Gasteiger partial charge is 0.331 e. The largest absolute Gasteiger partial charge is 0.467 e. The molecule has 0 aliphatic carbocycles. The number of benzene rings is 1. The molecule has 11 atom stereocenters. The van der Waals surface area contributed by atoms with Crippen molar-refractivity contribution in [1.29, 1.82) is 0 Å². The highest BCUT2D eigenvalue weighted by molar-refractivity contribution is 5.92. The van der Waals surface area contributed by atoms with E-state index in [9.17, 15) is 39.3 Å². The zero-order valence-electron chi connectivity index (χ0n) is 32.4. The maximum atomic E-state index is 13.9. The van der Waals surface area contributed by atoms with Crippen molar-refractivity contribution in [3.63, 3.8) is 0 Å². The van der Waals surface area contributed by atoms with Gasteiger partial charge in [0.1, 0.15) is 12.1 Å². The molecule has 0 spiro atoms. The Bertz CT molecular complexity index is 1410. The zero-order chi connectivity index (χ0) is 40.7. The van der Waals surface area contributed by atoms with E-state index in [0.29, 0.717) is 37.8 Å². The third-order valence-corrected chi connectivity index (χ3v) is 10.4. The van der Waals surface area contributed by atoms with Crippen LogP contribution in [0, 0.1) is 17.8 Å². The molecule has 0 saturated carbocycles. The molecule has 1 heterocycles. The minimum Gasteiger partial charge on any atom is -0.467 e. The molecule has 304 valence electrons. The van der Waals surface area contributed by atoms with Crippen molar-refractivity contribution in [3.05, 3.63) is 35.9 Å². The fraction of sp³-hybridized carbons (Fsp3) is 0.676. The highest BCUT2D eigenvalue weighted by Crippen LogP contribution is 2.28. The SMILES string of the molecule is CC[C@H](C)[C@H](NC(=O)[C@@H](NC(=O)[C@H](CO)N=C(N)N)[C@@H](C)CC)[C@@H](CC(=O)N1CCC[C@H]1[C@H](O)[C@@H](C)C(=O)N[C@H](C(=O)OC)C(O)c1ccccc1)OC. The number of methoxy groups -OCH3 is 2. The van der Waals surface area contributed by atoms with Gasteiger partial charge in [-0.2, -0.15) is 0 Å². The zero-order valence-corrected chi connectivity index (χ0v) is 32.4. The molecule has 10 N–H and O–H groups in total. The summed E-state index contributed by atoms with van der Waals surface area (Å²) in [6, 6.07) is 3.11. The average Bonchev–Trinajstić information content (AvgIpc) is 3.67. The predicted octanol–water partition coefficient (Wildman–Crippen LogP) is -0.533. The van der Waals surface area contributed by atoms with Gasteiger partial charge in [0.15, 0.2) is 18.0 Å². The summed E-state index contributed by atoms with van der Waals surface area (Å²) in [7, 11) is 2.56. The topological polar surface area (TPSA) is 268 Å². The van der Waals surface area contributed by atoms with Crippen LogP contribution in [0.4, 0.5) is 0 Å². The number of ether oxygens (including phenoxy) is 2. The van der Waals surface area contributed by atoms with Gasteiger partial charge in [0.2, 0.25) is 23.6 Å². The Kier molecular flexibility index (Phi) is 18.8. The second kappa shape index (κ2) is 22.2. The first kappa shape index (κ1) is 45.8. The molecule has 54 heavy (non-hydrogen) atoms. The molecule has 1 unspecified atom stereocenters. The summed E-state index contributed by atoms with van der Waals surface area (Å²) in [6.45, 7) is 8.58. The van der Waals surface area contributed by atoms with Gasteiger partial charge in [-0.15, -0.1) is 0 Å². The highest BCUT2D eigenvalue weighted by Gasteiger charge is 2.42. The Morgan fingerprint density at radius 2 is 1.52 bits per heavy atom. The van der Waals surface area contributed by atoms with Gasteiger partial charge in [-0.25, -0.2) is 9.79 Å². The molecular weight excluding hydrogens is 702 g/mol. The minimum absolute atomic E-state index is 0.166. The van der Waals surface area contributed by atoms with Gasteiger partial charge in [-0.1, -0.05) is 77.8 Å². The Balaban J connectivity index is 2.23. The molecule has 1 aromatic carbocycles. The number of rotatable bonds is 21. The number of nitrogens with zero attached hydrogens (tertiary/aromatic N) is 2. The normalized spacial score (nSPS) is 19.7. The fourth-order valence-electron chi connectivity index (χ4n) is 6.54. The summed E-state index contributed by atoms with van der Waals surface area (Å²) in [5.41, 5.74) is 11.2. The Hall–Kier alpha value is -4.32. The van der Waals surface area contributed by atoms with E-state index in [-0.39, 0.29) is 24.2 Å². The van der Waals surface area contributed by atoms with E-state index in [2.05, 4.69) is 20.9 Å². The standard InChI is InChI=1S/C37H61N7O10/c1-8-20(3)28(41-35(51)29(21(4)9-2)42-34(50)24(19-45)40-37(38)39)26(53-6)18-27(46)44-17-13-16-25(44)31(47)22(5)33(49)43-30(36(52)54-7)32(48)23-14-11-10-12-15-23/h10-12,14-15,20-22,24-26,28-32,45,47-48H,8-9,13,16-19H2,1-7H3,(H,41,51)(H,42,50)(H,43,49)(H4,38,39,40)/t20-,21-,22+,24-,25-,26+,28-,29-,30-,31+,32?/m0/s1. The number of hydrogen-bond acceptors (Lipinski definition) is 11. The number of nitrogens with one attached hydrogen (secondary N) is 3. The number of nitrogens with two attached hydrogens (primary N) is 2. The number of hydrogen-bond donors (Lipinski definition) is 8. The summed E-state index contributed by atoms with van der Waals surface area (Å²) in [5.74, 6) is -5.19. The van der Waals surface area contributed by atoms with E-state index < -0.39 is 90.7 Å². The fourth-order valence-corrected chi connectivity index (χ4v) is 6.54. The molecule has 0 bridgehead atoms. The summed E-state index contributed by atoms with van der Waals surface area (Å²) in [5, 5.41) is 40.2. The van der Waals surface area contributed by atoms with Gasteiger partial charge in [0.25, 0.3) is 0 Å². The van der Waals surface area contributed by atoms with Crippen LogP contribution in [0.2, 0.25) is 0 Å². The minimum atomic E-state index is -1.45. The third kappa shape index (κ3) is 12.4. The van der Waals surface area contributed by atoms with E-state index in [1.165, 1.54) is 18.9 Å². The van der Waals surface area contributed by atoms with Crippen LogP contribution in [0.15, 0.2) is 35.3 Å². The summed E-state index contributed by atoms with van der Waals surface area (Å²) < 4.78 is 10.6. The van der Waals surface area contributed by atoms with Crippen molar-refractivity contribution >= 4 is 35.6 Å². The number of guanidine groups is 1. The first-order valence-electron chi connectivity index (χ1n) is 18.5.